The van der Waals surface area contributed by atoms with Crippen molar-refractivity contribution in [1.82, 2.24) is 5.32 Å². The summed E-state index contributed by atoms with van der Waals surface area (Å²) in [5, 5.41) is 3.07. The van der Waals surface area contributed by atoms with Crippen LogP contribution in [-0.2, 0) is 25.5 Å². The molecule has 8 nitrogen and oxygen atoms in total. The number of nitrogens with two attached hydrogens (primary N) is 1. The lowest BCUT2D eigenvalue weighted by atomic mass is 10.0. The molecule has 9 heteroatoms. The molecule has 1 aromatic heterocycles. The van der Waals surface area contributed by atoms with Gasteiger partial charge in [-0.25, -0.2) is 4.79 Å². The molecule has 0 unspecified atom stereocenters. The predicted molar refractivity (Wildman–Crippen MR) is 114 cm³/mol. The van der Waals surface area contributed by atoms with E-state index < -0.39 is 29.6 Å². The lowest BCUT2D eigenvalue weighted by molar-refractivity contribution is -0.145. The summed E-state index contributed by atoms with van der Waals surface area (Å²) in [6.07, 6.45) is 0.972. The van der Waals surface area contributed by atoms with Gasteiger partial charge < -0.3 is 20.5 Å². The number of hydrogen-bond acceptors (Lipinski definition) is 7. The summed E-state index contributed by atoms with van der Waals surface area (Å²) in [5.41, 5.74) is 5.43. The molecule has 0 aliphatic rings. The largest absolute Gasteiger partial charge is 0.483 e. The topological polar surface area (TPSA) is 125 Å². The Balaban J connectivity index is 2.26. The maximum absolute atomic E-state index is 12.4. The number of benzene rings is 1. The number of amides is 2. The van der Waals surface area contributed by atoms with Crippen molar-refractivity contribution in [3.63, 3.8) is 0 Å². The number of carbonyl (C=O) groups is 4. The average molecular weight is 435 g/mol. The van der Waals surface area contributed by atoms with Crippen LogP contribution in [0.15, 0.2) is 18.2 Å². The number of hydrogen-bond donors (Lipinski definition) is 2. The van der Waals surface area contributed by atoms with E-state index in [0.29, 0.717) is 24.0 Å². The summed E-state index contributed by atoms with van der Waals surface area (Å²) in [5.74, 6) is -2.41. The molecule has 2 aromatic rings. The van der Waals surface area contributed by atoms with E-state index in [1.165, 1.54) is 18.4 Å². The fourth-order valence-corrected chi connectivity index (χ4v) is 4.26. The van der Waals surface area contributed by atoms with Crippen LogP contribution in [0.1, 0.15) is 42.4 Å². The van der Waals surface area contributed by atoms with E-state index in [2.05, 4.69) is 5.32 Å². The molecule has 2 amide bonds. The number of nitrogens with one attached hydrogen (secondary N) is 1. The molecule has 3 N–H and O–H groups in total. The van der Waals surface area contributed by atoms with Crippen molar-refractivity contribution in [2.45, 2.75) is 39.7 Å². The van der Waals surface area contributed by atoms with Crippen LogP contribution in [0.3, 0.4) is 0 Å². The summed E-state index contributed by atoms with van der Waals surface area (Å²) in [7, 11) is 1.26. The molecule has 0 saturated carbocycles. The molecule has 0 saturated heterocycles. The first-order chi connectivity index (χ1) is 14.2. The molecule has 2 rings (SSSR count). The van der Waals surface area contributed by atoms with E-state index in [9.17, 15) is 19.2 Å². The van der Waals surface area contributed by atoms with Gasteiger partial charge in [0.05, 0.1) is 12.7 Å². The Morgan fingerprint density at radius 2 is 1.90 bits per heavy atom. The molecule has 1 heterocycles. The summed E-state index contributed by atoms with van der Waals surface area (Å²) < 4.78 is 11.2. The van der Waals surface area contributed by atoms with E-state index in [0.717, 1.165) is 9.58 Å². The fourth-order valence-electron chi connectivity index (χ4n) is 3.11. The highest BCUT2D eigenvalue weighted by Crippen LogP contribution is 2.38. The second-order valence-corrected chi connectivity index (χ2v) is 8.27. The second kappa shape index (κ2) is 10.2. The minimum Gasteiger partial charge on any atom is -0.483 e. The zero-order chi connectivity index (χ0) is 22.4. The van der Waals surface area contributed by atoms with Crippen LogP contribution in [0.4, 0.5) is 0 Å². The third-order valence-electron chi connectivity index (χ3n) is 4.41. The Kier molecular flexibility index (Phi) is 7.93. The summed E-state index contributed by atoms with van der Waals surface area (Å²) in [6.45, 7) is 5.36. The van der Waals surface area contributed by atoms with Gasteiger partial charge in [0.1, 0.15) is 11.8 Å². The number of esters is 1. The molecule has 0 aliphatic carbocycles. The number of primary amides is 1. The quantitative estimate of drug-likeness (QED) is 0.336. The van der Waals surface area contributed by atoms with Gasteiger partial charge in [0.2, 0.25) is 0 Å². The van der Waals surface area contributed by atoms with Gasteiger partial charge in [0, 0.05) is 15.0 Å². The molecular weight excluding hydrogens is 408 g/mol. The lowest BCUT2D eigenvalue weighted by Crippen LogP contribution is -2.44. The molecular formula is C21H26N2O6S. The minimum absolute atomic E-state index is 0.171. The molecule has 1 atom stereocenters. The highest BCUT2D eigenvalue weighted by atomic mass is 32.1. The van der Waals surface area contributed by atoms with Crippen LogP contribution in [0.5, 0.6) is 5.75 Å². The molecule has 0 spiro atoms. The van der Waals surface area contributed by atoms with Crippen LogP contribution in [0, 0.1) is 5.92 Å². The SMILES string of the molecule is CCc1sc2cccc(OCC(=O)N[C@@H](CC(C)C)C(=O)OC)c2c1C(=O)C(N)=O. The predicted octanol–water partition coefficient (Wildman–Crippen LogP) is 2.21. The van der Waals surface area contributed by atoms with Gasteiger partial charge in [-0.15, -0.1) is 11.3 Å². The Hall–Kier alpha value is -2.94. The van der Waals surface area contributed by atoms with Crippen LogP contribution < -0.4 is 15.8 Å². The molecule has 0 bridgehead atoms. The van der Waals surface area contributed by atoms with E-state index in [-0.39, 0.29) is 18.1 Å². The number of fused-ring (bicyclic) bond motifs is 1. The van der Waals surface area contributed by atoms with Crippen molar-refractivity contribution < 1.29 is 28.7 Å². The van der Waals surface area contributed by atoms with E-state index in [4.69, 9.17) is 15.2 Å². The summed E-state index contributed by atoms with van der Waals surface area (Å²) in [4.78, 5) is 48.9. The Morgan fingerprint density at radius 1 is 1.20 bits per heavy atom. The number of Topliss-reactive ketones (excluding diaryl/α,β-unsaturated/α-hetero) is 1. The fraction of sp³-hybridized carbons (Fsp3) is 0.429. The van der Waals surface area contributed by atoms with Crippen molar-refractivity contribution in [1.29, 1.82) is 0 Å². The van der Waals surface area contributed by atoms with Crippen molar-refractivity contribution in [2.24, 2.45) is 11.7 Å². The molecule has 0 aliphatic heterocycles. The number of ketones is 1. The maximum Gasteiger partial charge on any atom is 0.328 e. The van der Waals surface area contributed by atoms with E-state index in [1.54, 1.807) is 18.2 Å². The molecule has 0 fully saturated rings. The van der Waals surface area contributed by atoms with Crippen molar-refractivity contribution in [3.05, 3.63) is 28.6 Å². The van der Waals surface area contributed by atoms with Gasteiger partial charge >= 0.3 is 5.97 Å². The van der Waals surface area contributed by atoms with Crippen LogP contribution in [0.25, 0.3) is 10.1 Å². The summed E-state index contributed by atoms with van der Waals surface area (Å²) in [6, 6.07) is 4.38. The first-order valence-corrected chi connectivity index (χ1v) is 10.4. The number of ether oxygens (including phenoxy) is 2. The van der Waals surface area contributed by atoms with Gasteiger partial charge in [-0.1, -0.05) is 26.8 Å². The molecule has 1 aromatic carbocycles. The van der Waals surface area contributed by atoms with Crippen LogP contribution >= 0.6 is 11.3 Å². The molecule has 162 valence electrons. The van der Waals surface area contributed by atoms with Crippen LogP contribution in [-0.4, -0.2) is 43.3 Å². The standard InChI is InChI=1S/C21H26N2O6S/c1-5-14-18(19(25)20(22)26)17-13(7-6-8-15(17)30-14)29-10-16(24)23-12(9-11(2)3)21(27)28-4/h6-8,11-12H,5,9-10H2,1-4H3,(H2,22,26)(H,23,24)/t12-/m0/s1. The average Bonchev–Trinajstić information content (AvgIpc) is 3.09. The first-order valence-electron chi connectivity index (χ1n) is 9.58. The van der Waals surface area contributed by atoms with Crippen molar-refractivity contribution >= 4 is 45.0 Å². The Labute approximate surface area is 178 Å². The maximum atomic E-state index is 12.4. The number of aryl methyl sites for hydroxylation is 1. The van der Waals surface area contributed by atoms with E-state index in [1.807, 2.05) is 20.8 Å². The van der Waals surface area contributed by atoms with Gasteiger partial charge in [0.25, 0.3) is 17.6 Å². The molecule has 30 heavy (non-hydrogen) atoms. The van der Waals surface area contributed by atoms with Gasteiger partial charge in [-0.2, -0.15) is 0 Å². The van der Waals surface area contributed by atoms with Gasteiger partial charge in [-0.3, -0.25) is 14.4 Å². The van der Waals surface area contributed by atoms with Crippen LogP contribution in [0.2, 0.25) is 0 Å². The summed E-state index contributed by atoms with van der Waals surface area (Å²) >= 11 is 1.37. The number of carbonyl (C=O) groups excluding carboxylic acids is 4. The zero-order valence-corrected chi connectivity index (χ0v) is 18.3. The van der Waals surface area contributed by atoms with Crippen molar-refractivity contribution in [3.8, 4) is 5.75 Å². The van der Waals surface area contributed by atoms with Crippen molar-refractivity contribution in [2.75, 3.05) is 13.7 Å². The van der Waals surface area contributed by atoms with Gasteiger partial charge in [0.15, 0.2) is 6.61 Å². The Morgan fingerprint density at radius 3 is 2.47 bits per heavy atom. The highest BCUT2D eigenvalue weighted by Gasteiger charge is 2.26. The lowest BCUT2D eigenvalue weighted by Gasteiger charge is -2.18. The third-order valence-corrected chi connectivity index (χ3v) is 5.71. The number of thiophene rings is 1. The smallest absolute Gasteiger partial charge is 0.328 e. The second-order valence-electron chi connectivity index (χ2n) is 7.14. The molecule has 0 radical (unpaired) electrons. The highest BCUT2D eigenvalue weighted by molar-refractivity contribution is 7.19. The normalized spacial score (nSPS) is 11.9. The number of rotatable bonds is 10. The minimum atomic E-state index is -1.05. The monoisotopic (exact) mass is 434 g/mol. The Bertz CT molecular complexity index is 966. The van der Waals surface area contributed by atoms with E-state index >= 15 is 0 Å². The zero-order valence-electron chi connectivity index (χ0n) is 17.4. The third kappa shape index (κ3) is 5.35. The first kappa shape index (κ1) is 23.3. The van der Waals surface area contributed by atoms with Gasteiger partial charge in [-0.05, 0) is 30.9 Å². The number of methoxy groups -OCH3 is 1.